The number of ether oxygens (including phenoxy) is 3. The molecule has 3 rings (SSSR count). The topological polar surface area (TPSA) is 111 Å². The maximum Gasteiger partial charge on any atom is 0.311 e. The Morgan fingerprint density at radius 1 is 1.00 bits per heavy atom. The molecule has 0 bridgehead atoms. The molecule has 0 fully saturated rings. The zero-order valence-electron chi connectivity index (χ0n) is 16.1. The van der Waals surface area contributed by atoms with Crippen molar-refractivity contribution < 1.29 is 29.0 Å². The largest absolute Gasteiger partial charge is 0.546 e. The first-order chi connectivity index (χ1) is 14.9. The molecular formula is C21H15ClNO7S-. The van der Waals surface area contributed by atoms with Crippen LogP contribution in [-0.2, 0) is 4.79 Å². The fraction of sp³-hybridized carbons (Fsp3) is 0.0952. The van der Waals surface area contributed by atoms with Gasteiger partial charge in [-0.05, 0) is 42.7 Å². The number of hydrogen-bond donors (Lipinski definition) is 0. The molecule has 0 aromatic heterocycles. The highest BCUT2D eigenvalue weighted by molar-refractivity contribution is 7.98. The van der Waals surface area contributed by atoms with Gasteiger partial charge in [-0.25, -0.2) is 0 Å². The molecule has 0 heterocycles. The van der Waals surface area contributed by atoms with E-state index in [4.69, 9.17) is 25.8 Å². The lowest BCUT2D eigenvalue weighted by Crippen LogP contribution is -2.29. The molecule has 0 spiro atoms. The molecule has 160 valence electrons. The fourth-order valence-electron chi connectivity index (χ4n) is 2.52. The van der Waals surface area contributed by atoms with Crippen molar-refractivity contribution in [1.29, 1.82) is 0 Å². The number of nitro benzene ring substituents is 1. The number of carboxylic acids is 1. The van der Waals surface area contributed by atoms with Gasteiger partial charge in [0.15, 0.2) is 11.5 Å². The van der Waals surface area contributed by atoms with Crippen molar-refractivity contribution in [2.24, 2.45) is 0 Å². The Kier molecular flexibility index (Phi) is 7.22. The monoisotopic (exact) mass is 460 g/mol. The summed E-state index contributed by atoms with van der Waals surface area (Å²) < 4.78 is 16.6. The Morgan fingerprint density at radius 3 is 2.39 bits per heavy atom. The van der Waals surface area contributed by atoms with Gasteiger partial charge in [-0.2, -0.15) is 0 Å². The summed E-state index contributed by atoms with van der Waals surface area (Å²) in [5.41, 5.74) is -0.314. The lowest BCUT2D eigenvalue weighted by atomic mass is 10.2. The summed E-state index contributed by atoms with van der Waals surface area (Å²) in [5, 5.41) is 22.5. The van der Waals surface area contributed by atoms with E-state index in [1.807, 2.05) is 12.3 Å². The number of hydrogen-bond acceptors (Lipinski definition) is 8. The summed E-state index contributed by atoms with van der Waals surface area (Å²) in [6, 6.07) is 15.4. The number of carbonyl (C=O) groups is 1. The van der Waals surface area contributed by atoms with E-state index in [9.17, 15) is 20.0 Å². The number of benzene rings is 3. The van der Waals surface area contributed by atoms with Crippen LogP contribution in [-0.4, -0.2) is 23.8 Å². The number of nitrogens with zero attached hydrogens (tertiary/aromatic N) is 1. The van der Waals surface area contributed by atoms with E-state index in [-0.39, 0.29) is 28.7 Å². The first-order valence-electron chi connectivity index (χ1n) is 8.76. The van der Waals surface area contributed by atoms with Crippen molar-refractivity contribution in [2.45, 2.75) is 4.90 Å². The van der Waals surface area contributed by atoms with Crippen LogP contribution >= 0.6 is 23.4 Å². The number of rotatable bonds is 9. The third-order valence-corrected chi connectivity index (χ3v) is 4.93. The zero-order valence-corrected chi connectivity index (χ0v) is 17.6. The van der Waals surface area contributed by atoms with Crippen LogP contribution in [0.4, 0.5) is 5.69 Å². The predicted molar refractivity (Wildman–Crippen MR) is 113 cm³/mol. The third-order valence-electron chi connectivity index (χ3n) is 3.91. The Hall–Kier alpha value is -3.43. The van der Waals surface area contributed by atoms with Gasteiger partial charge in [0.2, 0.25) is 5.75 Å². The zero-order chi connectivity index (χ0) is 22.4. The molecule has 0 amide bonds. The summed E-state index contributed by atoms with van der Waals surface area (Å²) in [5.74, 6) is -0.733. The Labute approximate surface area is 186 Å². The van der Waals surface area contributed by atoms with Crippen molar-refractivity contribution in [2.75, 3.05) is 12.9 Å². The quantitative estimate of drug-likeness (QED) is 0.257. The van der Waals surface area contributed by atoms with E-state index < -0.39 is 17.5 Å². The lowest BCUT2D eigenvalue weighted by Gasteiger charge is -2.14. The van der Waals surface area contributed by atoms with Crippen molar-refractivity contribution in [1.82, 2.24) is 0 Å². The molecule has 0 saturated heterocycles. The maximum atomic E-state index is 11.5. The third kappa shape index (κ3) is 5.80. The number of halogens is 1. The second kappa shape index (κ2) is 10.1. The molecular weight excluding hydrogens is 446 g/mol. The van der Waals surface area contributed by atoms with E-state index in [1.54, 1.807) is 24.3 Å². The summed E-state index contributed by atoms with van der Waals surface area (Å²) in [7, 11) is 0. The second-order valence-corrected chi connectivity index (χ2v) is 7.28. The highest BCUT2D eigenvalue weighted by Crippen LogP contribution is 2.40. The average molecular weight is 461 g/mol. The highest BCUT2D eigenvalue weighted by atomic mass is 35.5. The van der Waals surface area contributed by atoms with Crippen molar-refractivity contribution in [3.05, 3.63) is 75.8 Å². The molecule has 31 heavy (non-hydrogen) atoms. The smallest absolute Gasteiger partial charge is 0.311 e. The normalized spacial score (nSPS) is 10.4. The van der Waals surface area contributed by atoms with E-state index in [0.717, 1.165) is 4.90 Å². The van der Waals surface area contributed by atoms with Crippen LogP contribution < -0.4 is 19.3 Å². The average Bonchev–Trinajstić information content (AvgIpc) is 2.74. The van der Waals surface area contributed by atoms with Gasteiger partial charge in [0.05, 0.1) is 15.9 Å². The fourth-order valence-corrected chi connectivity index (χ4v) is 3.24. The lowest BCUT2D eigenvalue weighted by molar-refractivity contribution is -0.385. The number of thioether (sulfide) groups is 1. The molecule has 0 aliphatic heterocycles. The number of aliphatic carboxylic acids is 1. The molecule has 0 atom stereocenters. The van der Waals surface area contributed by atoms with Gasteiger partial charge in [0.1, 0.15) is 18.1 Å². The van der Waals surface area contributed by atoms with Crippen molar-refractivity contribution >= 4 is 35.0 Å². The number of nitro groups is 1. The molecule has 3 aromatic rings. The van der Waals surface area contributed by atoms with Gasteiger partial charge >= 0.3 is 5.69 Å². The Bertz CT molecular complexity index is 1120. The van der Waals surface area contributed by atoms with Gasteiger partial charge in [-0.3, -0.25) is 10.1 Å². The van der Waals surface area contributed by atoms with E-state index in [0.29, 0.717) is 10.8 Å². The predicted octanol–water partition coefficient (Wildman–Crippen LogP) is 4.68. The molecule has 0 aliphatic carbocycles. The van der Waals surface area contributed by atoms with E-state index >= 15 is 0 Å². The number of carbonyl (C=O) groups excluding carboxylic acids is 1. The first kappa shape index (κ1) is 22.3. The maximum absolute atomic E-state index is 11.5. The Morgan fingerprint density at radius 2 is 1.74 bits per heavy atom. The van der Waals surface area contributed by atoms with Crippen LogP contribution in [0.5, 0.6) is 28.7 Å². The van der Waals surface area contributed by atoms with Gasteiger partial charge in [-0.1, -0.05) is 23.7 Å². The van der Waals surface area contributed by atoms with E-state index in [1.165, 1.54) is 42.1 Å². The van der Waals surface area contributed by atoms with Crippen molar-refractivity contribution in [3.63, 3.8) is 0 Å². The molecule has 0 aliphatic rings. The second-order valence-electron chi connectivity index (χ2n) is 5.99. The van der Waals surface area contributed by atoms with Gasteiger partial charge in [0, 0.05) is 17.0 Å². The molecule has 0 saturated carbocycles. The molecule has 0 N–H and O–H groups in total. The van der Waals surface area contributed by atoms with E-state index in [2.05, 4.69) is 0 Å². The van der Waals surface area contributed by atoms with Crippen LogP contribution in [0.1, 0.15) is 0 Å². The number of para-hydroxylation sites is 2. The Balaban J connectivity index is 1.91. The number of carboxylic acid groups (broad SMARTS) is 1. The first-order valence-corrected chi connectivity index (χ1v) is 10.4. The summed E-state index contributed by atoms with van der Waals surface area (Å²) in [6.45, 7) is -0.698. The van der Waals surface area contributed by atoms with Crippen molar-refractivity contribution in [3.8, 4) is 28.7 Å². The standard InChI is InChI=1S/C21H16ClNO7S/c1-31-14-7-9-17(15(22)11-14)29-13-6-8-16(23(26)27)20(10-13)30-19-5-3-2-4-18(19)28-12-21(24)25/h2-11H,12H2,1H3,(H,24,25)/p-1. The summed E-state index contributed by atoms with van der Waals surface area (Å²) in [4.78, 5) is 22.5. The van der Waals surface area contributed by atoms with Gasteiger partial charge in [0.25, 0.3) is 0 Å². The molecule has 10 heteroatoms. The molecule has 8 nitrogen and oxygen atoms in total. The van der Waals surface area contributed by atoms with Crippen LogP contribution in [0, 0.1) is 10.1 Å². The molecule has 3 aromatic carbocycles. The molecule has 0 radical (unpaired) electrons. The minimum Gasteiger partial charge on any atom is -0.546 e. The van der Waals surface area contributed by atoms with Gasteiger partial charge in [-0.15, -0.1) is 11.8 Å². The SMILES string of the molecule is CSc1ccc(Oc2ccc([N+](=O)[O-])c(Oc3ccccc3OCC(=O)[O-])c2)c(Cl)c1. The summed E-state index contributed by atoms with van der Waals surface area (Å²) in [6.07, 6.45) is 1.92. The minimum atomic E-state index is -1.42. The van der Waals surface area contributed by atoms with Crippen LogP contribution in [0.25, 0.3) is 0 Å². The highest BCUT2D eigenvalue weighted by Gasteiger charge is 2.19. The molecule has 0 unspecified atom stereocenters. The summed E-state index contributed by atoms with van der Waals surface area (Å²) >= 11 is 7.77. The van der Waals surface area contributed by atoms with Gasteiger partial charge < -0.3 is 24.1 Å². The minimum absolute atomic E-state index is 0.0861. The van der Waals surface area contributed by atoms with Crippen LogP contribution in [0.15, 0.2) is 65.6 Å². The van der Waals surface area contributed by atoms with Crippen LogP contribution in [0.2, 0.25) is 5.02 Å². The van der Waals surface area contributed by atoms with Crippen LogP contribution in [0.3, 0.4) is 0 Å².